The van der Waals surface area contributed by atoms with E-state index in [-0.39, 0.29) is 11.4 Å². The highest BCUT2D eigenvalue weighted by molar-refractivity contribution is 7.21. The van der Waals surface area contributed by atoms with Crippen molar-refractivity contribution in [3.8, 4) is 5.75 Å². The Morgan fingerprint density at radius 2 is 1.74 bits per heavy atom. The van der Waals surface area contributed by atoms with Crippen LogP contribution in [0, 0.1) is 13.8 Å². The number of aromatic nitrogens is 3. The molecule has 31 heavy (non-hydrogen) atoms. The maximum absolute atomic E-state index is 13.3. The van der Waals surface area contributed by atoms with E-state index < -0.39 is 11.7 Å². The fourth-order valence-electron chi connectivity index (χ4n) is 3.16. The number of hydrogen-bond acceptors (Lipinski definition) is 7. The predicted octanol–water partition coefficient (Wildman–Crippen LogP) is 6.22. The van der Waals surface area contributed by atoms with Gasteiger partial charge in [0.05, 0.1) is 12.7 Å². The zero-order valence-electron chi connectivity index (χ0n) is 16.8. The second-order valence-electron chi connectivity index (χ2n) is 6.82. The van der Waals surface area contributed by atoms with Crippen LogP contribution in [0.1, 0.15) is 16.7 Å². The fourth-order valence-corrected chi connectivity index (χ4v) is 3.97. The van der Waals surface area contributed by atoms with Crippen LogP contribution in [0.15, 0.2) is 42.7 Å². The monoisotopic (exact) mass is 445 g/mol. The van der Waals surface area contributed by atoms with Gasteiger partial charge >= 0.3 is 6.18 Å². The van der Waals surface area contributed by atoms with Crippen LogP contribution >= 0.6 is 11.3 Å². The Morgan fingerprint density at radius 3 is 2.42 bits per heavy atom. The van der Waals surface area contributed by atoms with E-state index in [1.54, 1.807) is 0 Å². The molecule has 0 unspecified atom stereocenters. The minimum Gasteiger partial charge on any atom is -0.496 e. The van der Waals surface area contributed by atoms with E-state index in [2.05, 4.69) is 25.6 Å². The molecule has 2 N–H and O–H groups in total. The summed E-state index contributed by atoms with van der Waals surface area (Å²) in [4.78, 5) is 13.6. The number of aryl methyl sites for hydroxylation is 2. The van der Waals surface area contributed by atoms with Gasteiger partial charge in [0.1, 0.15) is 17.6 Å². The summed E-state index contributed by atoms with van der Waals surface area (Å²) < 4.78 is 44.8. The smallest absolute Gasteiger partial charge is 0.420 e. The summed E-state index contributed by atoms with van der Waals surface area (Å²) in [7, 11) is 1.20. The van der Waals surface area contributed by atoms with E-state index >= 15 is 0 Å². The van der Waals surface area contributed by atoms with Crippen molar-refractivity contribution in [2.45, 2.75) is 20.0 Å². The summed E-state index contributed by atoms with van der Waals surface area (Å²) in [5.74, 6) is 0.0636. The maximum Gasteiger partial charge on any atom is 0.420 e. The molecule has 6 nitrogen and oxygen atoms in total. The number of benzene rings is 2. The number of methoxy groups -OCH3 is 1. The Hall–Kier alpha value is -3.40. The van der Waals surface area contributed by atoms with Crippen LogP contribution in [0.25, 0.3) is 10.3 Å². The van der Waals surface area contributed by atoms with Crippen LogP contribution in [0.2, 0.25) is 0 Å². The van der Waals surface area contributed by atoms with Gasteiger partial charge in [-0.3, -0.25) is 0 Å². The SMILES string of the molecule is COc1ccc(Nc2ncnc3sc(Nc4c(C)cccc4C)nc23)cc1C(F)(F)F. The standard InChI is InChI=1S/C21H18F3N5OS/c1-11-5-4-6-12(2)16(11)28-20-29-17-18(25-10-26-19(17)31-20)27-13-7-8-15(30-3)14(9-13)21(22,23)24/h4-10H,1-3H3,(H,28,29)(H,25,26,27). The van der Waals surface area contributed by atoms with Gasteiger partial charge in [0, 0.05) is 11.4 Å². The number of anilines is 4. The topological polar surface area (TPSA) is 72.0 Å². The highest BCUT2D eigenvalue weighted by Gasteiger charge is 2.34. The van der Waals surface area contributed by atoms with Crippen molar-refractivity contribution in [1.29, 1.82) is 0 Å². The van der Waals surface area contributed by atoms with Gasteiger partial charge in [-0.25, -0.2) is 15.0 Å². The number of rotatable bonds is 5. The van der Waals surface area contributed by atoms with Crippen molar-refractivity contribution < 1.29 is 17.9 Å². The van der Waals surface area contributed by atoms with Crippen molar-refractivity contribution in [3.63, 3.8) is 0 Å². The van der Waals surface area contributed by atoms with Gasteiger partial charge in [-0.15, -0.1) is 0 Å². The highest BCUT2D eigenvalue weighted by Crippen LogP contribution is 2.39. The maximum atomic E-state index is 13.3. The molecule has 0 radical (unpaired) electrons. The zero-order chi connectivity index (χ0) is 22.2. The summed E-state index contributed by atoms with van der Waals surface area (Å²) in [5.41, 5.74) is 2.90. The van der Waals surface area contributed by atoms with E-state index in [0.29, 0.717) is 21.3 Å². The molecule has 0 aliphatic rings. The van der Waals surface area contributed by atoms with Gasteiger partial charge in [-0.2, -0.15) is 13.2 Å². The minimum atomic E-state index is -4.55. The molecule has 0 aliphatic carbocycles. The molecular formula is C21H18F3N5OS. The summed E-state index contributed by atoms with van der Waals surface area (Å²) in [5, 5.41) is 6.84. The summed E-state index contributed by atoms with van der Waals surface area (Å²) >= 11 is 1.33. The molecule has 2 aromatic heterocycles. The fraction of sp³-hybridized carbons (Fsp3) is 0.190. The van der Waals surface area contributed by atoms with Gasteiger partial charge < -0.3 is 15.4 Å². The van der Waals surface area contributed by atoms with E-state index in [1.165, 1.54) is 36.9 Å². The molecule has 0 aliphatic heterocycles. The number of fused-ring (bicyclic) bond motifs is 1. The van der Waals surface area contributed by atoms with Crippen molar-refractivity contribution >= 4 is 44.0 Å². The molecule has 4 rings (SSSR count). The van der Waals surface area contributed by atoms with Crippen molar-refractivity contribution in [1.82, 2.24) is 15.0 Å². The molecule has 0 saturated carbocycles. The molecule has 0 amide bonds. The first kappa shape index (κ1) is 20.9. The number of thiazole rings is 1. The van der Waals surface area contributed by atoms with E-state index in [4.69, 9.17) is 4.74 Å². The minimum absolute atomic E-state index is 0.213. The van der Waals surface area contributed by atoms with Crippen LogP contribution in [-0.4, -0.2) is 22.1 Å². The molecule has 0 atom stereocenters. The summed E-state index contributed by atoms with van der Waals surface area (Å²) in [6, 6.07) is 9.71. The van der Waals surface area contributed by atoms with Gasteiger partial charge in [0.2, 0.25) is 0 Å². The van der Waals surface area contributed by atoms with Crippen LogP contribution in [0.5, 0.6) is 5.75 Å². The lowest BCUT2D eigenvalue weighted by atomic mass is 10.1. The highest BCUT2D eigenvalue weighted by atomic mass is 32.1. The molecular weight excluding hydrogens is 427 g/mol. The Balaban J connectivity index is 1.68. The number of nitrogens with zero attached hydrogens (tertiary/aromatic N) is 3. The molecule has 10 heteroatoms. The molecule has 0 spiro atoms. The largest absolute Gasteiger partial charge is 0.496 e. The van der Waals surface area contributed by atoms with Gasteiger partial charge in [0.25, 0.3) is 0 Å². The zero-order valence-corrected chi connectivity index (χ0v) is 17.6. The quantitative estimate of drug-likeness (QED) is 0.380. The summed E-state index contributed by atoms with van der Waals surface area (Å²) in [6.07, 6.45) is -3.20. The van der Waals surface area contributed by atoms with Crippen molar-refractivity contribution in [3.05, 3.63) is 59.4 Å². The van der Waals surface area contributed by atoms with Gasteiger partial charge in [-0.05, 0) is 43.2 Å². The number of hydrogen-bond donors (Lipinski definition) is 2. The predicted molar refractivity (Wildman–Crippen MR) is 116 cm³/mol. The second kappa shape index (κ2) is 8.03. The third-order valence-electron chi connectivity index (χ3n) is 4.68. The van der Waals surface area contributed by atoms with Crippen LogP contribution in [0.3, 0.4) is 0 Å². The third kappa shape index (κ3) is 4.24. The third-order valence-corrected chi connectivity index (χ3v) is 5.55. The van der Waals surface area contributed by atoms with Crippen molar-refractivity contribution in [2.24, 2.45) is 0 Å². The Bertz CT molecular complexity index is 1240. The van der Waals surface area contributed by atoms with Gasteiger partial charge in [-0.1, -0.05) is 29.5 Å². The van der Waals surface area contributed by atoms with Crippen LogP contribution in [0.4, 0.5) is 35.5 Å². The first-order valence-corrected chi connectivity index (χ1v) is 10.0. The first-order valence-electron chi connectivity index (χ1n) is 9.23. The Morgan fingerprint density at radius 1 is 1.00 bits per heavy atom. The lowest BCUT2D eigenvalue weighted by Gasteiger charge is -2.14. The molecule has 2 aromatic carbocycles. The molecule has 0 bridgehead atoms. The molecule has 4 aromatic rings. The second-order valence-corrected chi connectivity index (χ2v) is 7.80. The molecule has 0 fully saturated rings. The lowest BCUT2D eigenvalue weighted by molar-refractivity contribution is -0.138. The summed E-state index contributed by atoms with van der Waals surface area (Å²) in [6.45, 7) is 3.99. The van der Waals surface area contributed by atoms with E-state index in [1.807, 2.05) is 32.0 Å². The number of ether oxygens (including phenoxy) is 1. The van der Waals surface area contributed by atoms with Crippen LogP contribution < -0.4 is 15.4 Å². The number of para-hydroxylation sites is 1. The van der Waals surface area contributed by atoms with E-state index in [9.17, 15) is 13.2 Å². The Labute approximate surface area is 180 Å². The average Bonchev–Trinajstić information content (AvgIpc) is 3.14. The molecule has 160 valence electrons. The lowest BCUT2D eigenvalue weighted by Crippen LogP contribution is -2.08. The van der Waals surface area contributed by atoms with Gasteiger partial charge in [0.15, 0.2) is 15.8 Å². The van der Waals surface area contributed by atoms with Crippen LogP contribution in [-0.2, 0) is 6.18 Å². The average molecular weight is 445 g/mol. The molecule has 2 heterocycles. The normalized spacial score (nSPS) is 11.5. The van der Waals surface area contributed by atoms with E-state index in [0.717, 1.165) is 22.9 Å². The number of halogens is 3. The molecule has 0 saturated heterocycles. The first-order chi connectivity index (χ1) is 14.8. The Kier molecular flexibility index (Phi) is 5.40. The number of alkyl halides is 3. The van der Waals surface area contributed by atoms with Crippen molar-refractivity contribution in [2.75, 3.05) is 17.7 Å². The number of nitrogens with one attached hydrogen (secondary N) is 2.